The van der Waals surface area contributed by atoms with Crippen molar-refractivity contribution in [1.29, 1.82) is 0 Å². The number of hydrogen-bond donors (Lipinski definition) is 1. The van der Waals surface area contributed by atoms with Crippen LogP contribution in [0.15, 0.2) is 30.3 Å². The van der Waals surface area contributed by atoms with Gasteiger partial charge in [-0.25, -0.2) is 0 Å². The molecule has 0 spiro atoms. The molecule has 2 aliphatic heterocycles. The Hall–Kier alpha value is -0.860. The summed E-state index contributed by atoms with van der Waals surface area (Å²) in [5.74, 6) is 0. The van der Waals surface area contributed by atoms with Crippen LogP contribution in [0.25, 0.3) is 0 Å². The number of rotatable bonds is 3. The van der Waals surface area contributed by atoms with Crippen LogP contribution in [0.5, 0.6) is 0 Å². The molecule has 2 bridgehead atoms. The molecule has 0 aromatic heterocycles. The molecule has 0 radical (unpaired) electrons. The van der Waals surface area contributed by atoms with Crippen molar-refractivity contribution in [3.05, 3.63) is 35.9 Å². The van der Waals surface area contributed by atoms with Crippen LogP contribution in [0.2, 0.25) is 0 Å². The third-order valence-electron chi connectivity index (χ3n) is 4.36. The summed E-state index contributed by atoms with van der Waals surface area (Å²) in [6.07, 6.45) is 5.66. The van der Waals surface area contributed by atoms with Crippen LogP contribution in [0, 0.1) is 0 Å². The van der Waals surface area contributed by atoms with Crippen LogP contribution in [-0.4, -0.2) is 34.7 Å². The SMILES string of the molecule is OC1C[C@H]2CC[C@@H](C1)N2CCc1ccccc1. The highest BCUT2D eigenvalue weighted by Crippen LogP contribution is 2.35. The van der Waals surface area contributed by atoms with E-state index in [9.17, 15) is 5.11 Å². The van der Waals surface area contributed by atoms with Gasteiger partial charge in [0.25, 0.3) is 0 Å². The van der Waals surface area contributed by atoms with E-state index in [2.05, 4.69) is 35.2 Å². The molecule has 2 saturated heterocycles. The zero-order valence-electron chi connectivity index (χ0n) is 10.3. The largest absolute Gasteiger partial charge is 0.393 e. The fourth-order valence-corrected chi connectivity index (χ4v) is 3.51. The first-order valence-electron chi connectivity index (χ1n) is 6.80. The molecule has 1 aromatic rings. The second-order valence-corrected chi connectivity index (χ2v) is 5.48. The topological polar surface area (TPSA) is 23.5 Å². The van der Waals surface area contributed by atoms with Gasteiger partial charge in [-0.2, -0.15) is 0 Å². The molecule has 0 saturated carbocycles. The molecule has 3 atom stereocenters. The molecule has 2 nitrogen and oxygen atoms in total. The second-order valence-electron chi connectivity index (χ2n) is 5.48. The molecule has 1 aromatic carbocycles. The Bertz CT molecular complexity index is 350. The summed E-state index contributed by atoms with van der Waals surface area (Å²) in [5.41, 5.74) is 1.43. The molecule has 2 heterocycles. The predicted octanol–water partition coefficient (Wildman–Crippen LogP) is 2.22. The first-order valence-corrected chi connectivity index (χ1v) is 6.80. The lowest BCUT2D eigenvalue weighted by atomic mass is 9.99. The maximum atomic E-state index is 9.77. The first kappa shape index (κ1) is 11.2. The average Bonchev–Trinajstić information content (AvgIpc) is 2.59. The van der Waals surface area contributed by atoms with Crippen LogP contribution in [-0.2, 0) is 6.42 Å². The summed E-state index contributed by atoms with van der Waals surface area (Å²) in [4.78, 5) is 2.64. The van der Waals surface area contributed by atoms with Crippen molar-refractivity contribution in [1.82, 2.24) is 4.90 Å². The van der Waals surface area contributed by atoms with Crippen molar-refractivity contribution in [2.45, 2.75) is 50.3 Å². The smallest absolute Gasteiger partial charge is 0.0570 e. The lowest BCUT2D eigenvalue weighted by Crippen LogP contribution is -2.45. The Morgan fingerprint density at radius 2 is 1.71 bits per heavy atom. The van der Waals surface area contributed by atoms with Gasteiger partial charge in [0.2, 0.25) is 0 Å². The number of nitrogens with zero attached hydrogens (tertiary/aromatic N) is 1. The zero-order chi connectivity index (χ0) is 11.7. The summed E-state index contributed by atoms with van der Waals surface area (Å²) in [5, 5.41) is 9.77. The van der Waals surface area contributed by atoms with Crippen molar-refractivity contribution in [2.24, 2.45) is 0 Å². The van der Waals surface area contributed by atoms with Gasteiger partial charge in [0.1, 0.15) is 0 Å². The fourth-order valence-electron chi connectivity index (χ4n) is 3.51. The van der Waals surface area contributed by atoms with Gasteiger partial charge in [0, 0.05) is 18.6 Å². The number of fused-ring (bicyclic) bond motifs is 2. The molecule has 2 fully saturated rings. The van der Waals surface area contributed by atoms with Gasteiger partial charge in [0.15, 0.2) is 0 Å². The zero-order valence-corrected chi connectivity index (χ0v) is 10.3. The molecule has 2 aliphatic rings. The normalized spacial score (nSPS) is 32.9. The minimum Gasteiger partial charge on any atom is -0.393 e. The van der Waals surface area contributed by atoms with E-state index in [4.69, 9.17) is 0 Å². The van der Waals surface area contributed by atoms with Gasteiger partial charge in [-0.3, -0.25) is 4.90 Å². The van der Waals surface area contributed by atoms with Gasteiger partial charge >= 0.3 is 0 Å². The van der Waals surface area contributed by atoms with Gasteiger partial charge in [-0.15, -0.1) is 0 Å². The Labute approximate surface area is 103 Å². The molecule has 17 heavy (non-hydrogen) atoms. The predicted molar refractivity (Wildman–Crippen MR) is 68.9 cm³/mol. The lowest BCUT2D eigenvalue weighted by molar-refractivity contribution is 0.0362. The highest BCUT2D eigenvalue weighted by molar-refractivity contribution is 5.15. The first-order chi connectivity index (χ1) is 8.33. The van der Waals surface area contributed by atoms with E-state index in [1.165, 1.54) is 18.4 Å². The maximum absolute atomic E-state index is 9.77. The monoisotopic (exact) mass is 231 g/mol. The van der Waals surface area contributed by atoms with Gasteiger partial charge < -0.3 is 5.11 Å². The quantitative estimate of drug-likeness (QED) is 0.862. The van der Waals surface area contributed by atoms with Crippen molar-refractivity contribution in [3.63, 3.8) is 0 Å². The highest BCUT2D eigenvalue weighted by Gasteiger charge is 2.39. The summed E-state index contributed by atoms with van der Waals surface area (Å²) in [6.45, 7) is 1.16. The van der Waals surface area contributed by atoms with Crippen molar-refractivity contribution < 1.29 is 5.11 Å². The van der Waals surface area contributed by atoms with E-state index in [1.54, 1.807) is 0 Å². The van der Waals surface area contributed by atoms with Crippen LogP contribution in [0.3, 0.4) is 0 Å². The van der Waals surface area contributed by atoms with Crippen LogP contribution >= 0.6 is 0 Å². The minimum atomic E-state index is -0.0412. The summed E-state index contributed by atoms with van der Waals surface area (Å²) in [7, 11) is 0. The van der Waals surface area contributed by atoms with Gasteiger partial charge in [-0.05, 0) is 37.7 Å². The Kier molecular flexibility index (Phi) is 3.17. The molecule has 1 unspecified atom stereocenters. The molecule has 0 amide bonds. The summed E-state index contributed by atoms with van der Waals surface area (Å²) < 4.78 is 0. The van der Waals surface area contributed by atoms with E-state index >= 15 is 0 Å². The van der Waals surface area contributed by atoms with E-state index in [-0.39, 0.29) is 6.10 Å². The van der Waals surface area contributed by atoms with Crippen molar-refractivity contribution in [3.8, 4) is 0 Å². The highest BCUT2D eigenvalue weighted by atomic mass is 16.3. The van der Waals surface area contributed by atoms with Gasteiger partial charge in [0.05, 0.1) is 6.10 Å². The van der Waals surface area contributed by atoms with E-state index < -0.39 is 0 Å². The summed E-state index contributed by atoms with van der Waals surface area (Å²) in [6, 6.07) is 12.0. The van der Waals surface area contributed by atoms with Crippen LogP contribution < -0.4 is 0 Å². The minimum absolute atomic E-state index is 0.0412. The van der Waals surface area contributed by atoms with Crippen LogP contribution in [0.4, 0.5) is 0 Å². The van der Waals surface area contributed by atoms with Gasteiger partial charge in [-0.1, -0.05) is 30.3 Å². The molecule has 92 valence electrons. The number of hydrogen-bond acceptors (Lipinski definition) is 2. The van der Waals surface area contributed by atoms with E-state index in [0.29, 0.717) is 12.1 Å². The number of aliphatic hydroxyl groups is 1. The van der Waals surface area contributed by atoms with Crippen molar-refractivity contribution in [2.75, 3.05) is 6.54 Å². The molecular weight excluding hydrogens is 210 g/mol. The number of benzene rings is 1. The molecule has 3 rings (SSSR count). The molecule has 2 heteroatoms. The summed E-state index contributed by atoms with van der Waals surface area (Å²) >= 11 is 0. The average molecular weight is 231 g/mol. The van der Waals surface area contributed by atoms with Crippen molar-refractivity contribution >= 4 is 0 Å². The third kappa shape index (κ3) is 2.38. The fraction of sp³-hybridized carbons (Fsp3) is 0.600. The van der Waals surface area contributed by atoms with E-state index in [0.717, 1.165) is 25.8 Å². The Balaban J connectivity index is 1.60. The molecule has 1 N–H and O–H groups in total. The molecule has 0 aliphatic carbocycles. The standard InChI is InChI=1S/C15H21NO/c17-15-10-13-6-7-14(11-15)16(13)9-8-12-4-2-1-3-5-12/h1-5,13-15,17H,6-11H2/t13-,14+,15?. The molecular formula is C15H21NO. The second kappa shape index (κ2) is 4.79. The Morgan fingerprint density at radius 3 is 2.35 bits per heavy atom. The van der Waals surface area contributed by atoms with Crippen LogP contribution in [0.1, 0.15) is 31.2 Å². The third-order valence-corrected chi connectivity index (χ3v) is 4.36. The maximum Gasteiger partial charge on any atom is 0.0570 e. The number of aliphatic hydroxyl groups excluding tert-OH is 1. The number of piperidine rings is 1. The Morgan fingerprint density at radius 1 is 1.06 bits per heavy atom. The van der Waals surface area contributed by atoms with E-state index in [1.807, 2.05) is 0 Å². The lowest BCUT2D eigenvalue weighted by Gasteiger charge is -2.37.